The number of piperazine rings is 1. The Hall–Kier alpha value is -2.71. The summed E-state index contributed by atoms with van der Waals surface area (Å²) in [7, 11) is 3.42. The largest absolute Gasteiger partial charge is 0.497 e. The number of aromatic nitrogens is 4. The molecule has 1 aliphatic heterocycles. The Balaban J connectivity index is 1.67. The Kier molecular flexibility index (Phi) is 5.17. The summed E-state index contributed by atoms with van der Waals surface area (Å²) in [6.45, 7) is 5.55. The highest BCUT2D eigenvalue weighted by Gasteiger charge is 2.23. The minimum Gasteiger partial charge on any atom is -0.497 e. The van der Waals surface area contributed by atoms with Gasteiger partial charge in [-0.25, -0.2) is 4.98 Å². The van der Waals surface area contributed by atoms with Gasteiger partial charge in [-0.15, -0.1) is 0 Å². The fourth-order valence-electron chi connectivity index (χ4n) is 3.45. The fourth-order valence-corrected chi connectivity index (χ4v) is 3.45. The van der Waals surface area contributed by atoms with Gasteiger partial charge in [0.1, 0.15) is 17.9 Å². The lowest BCUT2D eigenvalue weighted by atomic mass is 10.1. The second-order valence-corrected chi connectivity index (χ2v) is 6.52. The maximum absolute atomic E-state index is 5.28. The van der Waals surface area contributed by atoms with Crippen molar-refractivity contribution in [3.05, 3.63) is 36.8 Å². The first-order valence-corrected chi connectivity index (χ1v) is 9.09. The molecule has 0 N–H and O–H groups in total. The zero-order valence-electron chi connectivity index (χ0n) is 15.7. The van der Waals surface area contributed by atoms with Crippen molar-refractivity contribution in [2.75, 3.05) is 58.5 Å². The van der Waals surface area contributed by atoms with Gasteiger partial charge in [0.2, 0.25) is 0 Å². The van der Waals surface area contributed by atoms with Crippen LogP contribution < -0.4 is 9.64 Å². The number of anilines is 1. The second kappa shape index (κ2) is 7.89. The number of hydrogen-bond acceptors (Lipinski definition) is 7. The molecule has 0 aliphatic carbocycles. The van der Waals surface area contributed by atoms with Crippen molar-refractivity contribution in [3.63, 3.8) is 0 Å². The van der Waals surface area contributed by atoms with Gasteiger partial charge in [0.25, 0.3) is 5.78 Å². The van der Waals surface area contributed by atoms with Gasteiger partial charge in [0.05, 0.1) is 13.7 Å². The van der Waals surface area contributed by atoms with Crippen molar-refractivity contribution >= 4 is 11.6 Å². The standard InChI is InChI=1S/C19H24N6O2/c1-26-12-11-23-7-9-24(10-8-23)18-17(13-20-19-21-14-22-25(18)19)15-3-5-16(27-2)6-4-15/h3-6,13-14H,7-12H2,1-2H3. The number of rotatable bonds is 6. The van der Waals surface area contributed by atoms with Crippen molar-refractivity contribution in [1.82, 2.24) is 24.5 Å². The van der Waals surface area contributed by atoms with Crippen LogP contribution in [-0.2, 0) is 4.74 Å². The predicted molar refractivity (Wildman–Crippen MR) is 103 cm³/mol. The van der Waals surface area contributed by atoms with E-state index in [1.165, 1.54) is 0 Å². The van der Waals surface area contributed by atoms with E-state index in [0.717, 1.165) is 62.0 Å². The number of hydrogen-bond donors (Lipinski definition) is 0. The van der Waals surface area contributed by atoms with Crippen LogP contribution in [0.2, 0.25) is 0 Å². The number of nitrogens with zero attached hydrogens (tertiary/aromatic N) is 6. The van der Waals surface area contributed by atoms with Crippen LogP contribution in [0.4, 0.5) is 5.82 Å². The lowest BCUT2D eigenvalue weighted by molar-refractivity contribution is 0.144. The van der Waals surface area contributed by atoms with Gasteiger partial charge in [-0.05, 0) is 17.7 Å². The molecule has 1 saturated heterocycles. The molecule has 0 amide bonds. The van der Waals surface area contributed by atoms with Crippen LogP contribution in [0.5, 0.6) is 5.75 Å². The lowest BCUT2D eigenvalue weighted by Crippen LogP contribution is -2.48. The summed E-state index contributed by atoms with van der Waals surface area (Å²) in [5.41, 5.74) is 2.12. The van der Waals surface area contributed by atoms with Gasteiger partial charge < -0.3 is 14.4 Å². The first-order valence-electron chi connectivity index (χ1n) is 9.09. The van der Waals surface area contributed by atoms with E-state index in [2.05, 4.69) is 37.0 Å². The van der Waals surface area contributed by atoms with E-state index in [1.807, 2.05) is 22.8 Å². The van der Waals surface area contributed by atoms with E-state index in [1.54, 1.807) is 20.5 Å². The number of benzene rings is 1. The van der Waals surface area contributed by atoms with E-state index < -0.39 is 0 Å². The van der Waals surface area contributed by atoms with E-state index in [4.69, 9.17) is 9.47 Å². The summed E-state index contributed by atoms with van der Waals surface area (Å²) in [4.78, 5) is 13.5. The Morgan fingerprint density at radius 2 is 1.78 bits per heavy atom. The SMILES string of the molecule is COCCN1CCN(c2c(-c3ccc(OC)cc3)cnc3ncnn23)CC1. The zero-order chi connectivity index (χ0) is 18.6. The maximum atomic E-state index is 5.28. The monoisotopic (exact) mass is 368 g/mol. The topological polar surface area (TPSA) is 68.0 Å². The second-order valence-electron chi connectivity index (χ2n) is 6.52. The molecular weight excluding hydrogens is 344 g/mol. The van der Waals surface area contributed by atoms with Crippen LogP contribution >= 0.6 is 0 Å². The van der Waals surface area contributed by atoms with E-state index in [0.29, 0.717) is 5.78 Å². The summed E-state index contributed by atoms with van der Waals surface area (Å²) in [6.07, 6.45) is 3.44. The van der Waals surface area contributed by atoms with Crippen LogP contribution in [0.3, 0.4) is 0 Å². The molecule has 0 spiro atoms. The third-order valence-corrected chi connectivity index (χ3v) is 4.96. The minimum atomic E-state index is 0.615. The molecule has 1 aromatic carbocycles. The molecule has 4 rings (SSSR count). The summed E-state index contributed by atoms with van der Waals surface area (Å²) < 4.78 is 12.3. The third kappa shape index (κ3) is 3.58. The summed E-state index contributed by atoms with van der Waals surface area (Å²) in [6, 6.07) is 8.04. The van der Waals surface area contributed by atoms with Gasteiger partial charge in [-0.3, -0.25) is 4.90 Å². The van der Waals surface area contributed by atoms with Crippen molar-refractivity contribution in [2.45, 2.75) is 0 Å². The van der Waals surface area contributed by atoms with Gasteiger partial charge in [0.15, 0.2) is 0 Å². The average molecular weight is 368 g/mol. The Morgan fingerprint density at radius 3 is 2.48 bits per heavy atom. The quantitative estimate of drug-likeness (QED) is 0.654. The third-order valence-electron chi connectivity index (χ3n) is 4.96. The molecule has 0 radical (unpaired) electrons. The number of ether oxygens (including phenoxy) is 2. The highest BCUT2D eigenvalue weighted by molar-refractivity contribution is 5.77. The molecule has 142 valence electrons. The molecule has 0 bridgehead atoms. The summed E-state index contributed by atoms with van der Waals surface area (Å²) in [5, 5.41) is 4.43. The van der Waals surface area contributed by atoms with Crippen LogP contribution in [0.25, 0.3) is 16.9 Å². The highest BCUT2D eigenvalue weighted by Crippen LogP contribution is 2.32. The van der Waals surface area contributed by atoms with E-state index in [-0.39, 0.29) is 0 Å². The zero-order valence-corrected chi connectivity index (χ0v) is 15.7. The first-order chi connectivity index (χ1) is 13.3. The van der Waals surface area contributed by atoms with Crippen LogP contribution in [0.15, 0.2) is 36.8 Å². The van der Waals surface area contributed by atoms with Crippen molar-refractivity contribution in [3.8, 4) is 16.9 Å². The molecule has 8 heteroatoms. The van der Waals surface area contributed by atoms with Gasteiger partial charge in [-0.1, -0.05) is 12.1 Å². The molecule has 8 nitrogen and oxygen atoms in total. The van der Waals surface area contributed by atoms with E-state index >= 15 is 0 Å². The van der Waals surface area contributed by atoms with Crippen molar-refractivity contribution in [2.24, 2.45) is 0 Å². The normalized spacial score (nSPS) is 15.4. The van der Waals surface area contributed by atoms with Gasteiger partial charge >= 0.3 is 0 Å². The van der Waals surface area contributed by atoms with Gasteiger partial charge in [-0.2, -0.15) is 14.6 Å². The molecule has 1 aliphatic rings. The summed E-state index contributed by atoms with van der Waals surface area (Å²) >= 11 is 0. The minimum absolute atomic E-state index is 0.615. The molecule has 0 unspecified atom stereocenters. The fraction of sp³-hybridized carbons (Fsp3) is 0.421. The molecule has 0 saturated carbocycles. The first kappa shape index (κ1) is 17.7. The number of methoxy groups -OCH3 is 2. The Bertz CT molecular complexity index is 887. The van der Waals surface area contributed by atoms with Crippen molar-refractivity contribution < 1.29 is 9.47 Å². The molecule has 3 aromatic rings. The molecule has 27 heavy (non-hydrogen) atoms. The van der Waals surface area contributed by atoms with Crippen LogP contribution in [0, 0.1) is 0 Å². The highest BCUT2D eigenvalue weighted by atomic mass is 16.5. The lowest BCUT2D eigenvalue weighted by Gasteiger charge is -2.36. The van der Waals surface area contributed by atoms with Crippen molar-refractivity contribution in [1.29, 1.82) is 0 Å². The Labute approximate surface area is 158 Å². The van der Waals surface area contributed by atoms with Crippen LogP contribution in [-0.4, -0.2) is 78.0 Å². The molecule has 0 atom stereocenters. The molecule has 3 heterocycles. The molecule has 1 fully saturated rings. The average Bonchev–Trinajstić information content (AvgIpc) is 3.21. The van der Waals surface area contributed by atoms with Crippen LogP contribution in [0.1, 0.15) is 0 Å². The van der Waals surface area contributed by atoms with E-state index in [9.17, 15) is 0 Å². The molecule has 2 aromatic heterocycles. The Morgan fingerprint density at radius 1 is 1.00 bits per heavy atom. The maximum Gasteiger partial charge on any atom is 0.254 e. The summed E-state index contributed by atoms with van der Waals surface area (Å²) in [5.74, 6) is 2.49. The smallest absolute Gasteiger partial charge is 0.254 e. The van der Waals surface area contributed by atoms with Gasteiger partial charge in [0, 0.05) is 51.6 Å². The number of fused-ring (bicyclic) bond motifs is 1. The predicted octanol–water partition coefficient (Wildman–Crippen LogP) is 1.57. The molecular formula is C19H24N6O2.